The summed E-state index contributed by atoms with van der Waals surface area (Å²) in [6.45, 7) is 5.40. The van der Waals surface area contributed by atoms with Crippen LogP contribution >= 0.6 is 0 Å². The molecule has 3 aromatic carbocycles. The number of halogens is 1. The van der Waals surface area contributed by atoms with E-state index < -0.39 is 23.0 Å². The lowest BCUT2D eigenvalue weighted by molar-refractivity contribution is -0.124. The van der Waals surface area contributed by atoms with E-state index in [1.807, 2.05) is 49.1 Å². The minimum Gasteiger partial charge on any atom is -0.496 e. The van der Waals surface area contributed by atoms with Crippen molar-refractivity contribution in [3.8, 4) is 28.0 Å². The van der Waals surface area contributed by atoms with Crippen molar-refractivity contribution in [1.29, 1.82) is 0 Å². The molecule has 1 aliphatic rings. The molecule has 2 heterocycles. The fraction of sp³-hybridized carbons (Fsp3) is 0.250. The Bertz CT molecular complexity index is 1860. The molecular weight excluding hydrogens is 553 g/mol. The normalized spacial score (nSPS) is 13.5. The zero-order valence-electron chi connectivity index (χ0n) is 24.3. The number of methoxy groups -OCH3 is 1. The Labute approximate surface area is 247 Å². The van der Waals surface area contributed by atoms with Crippen molar-refractivity contribution in [2.75, 3.05) is 32.1 Å². The van der Waals surface area contributed by atoms with E-state index in [2.05, 4.69) is 15.6 Å². The molecule has 11 heteroatoms. The molecule has 0 radical (unpaired) electrons. The van der Waals surface area contributed by atoms with Crippen molar-refractivity contribution in [3.05, 3.63) is 104 Å². The van der Waals surface area contributed by atoms with Crippen LogP contribution < -0.4 is 26.6 Å². The van der Waals surface area contributed by atoms with Crippen LogP contribution in [0.1, 0.15) is 27.0 Å². The second-order valence-electron chi connectivity index (χ2n) is 10.5. The quantitative estimate of drug-likeness (QED) is 0.306. The second kappa shape index (κ2) is 12.1. The molecule has 43 heavy (non-hydrogen) atoms. The van der Waals surface area contributed by atoms with Crippen molar-refractivity contribution in [1.82, 2.24) is 19.8 Å². The smallest absolute Gasteiger partial charge is 0.328 e. The maximum atomic E-state index is 15.6. The number of ether oxygens (including phenoxy) is 1. The first-order chi connectivity index (χ1) is 20.6. The Morgan fingerprint density at radius 2 is 1.72 bits per heavy atom. The number of hydrogen-bond donors (Lipinski definition) is 3. The standard InChI is InChI=1S/C32H32FN5O5/c1-18-21(20-13-26(33)25(28(14-20)43-4)16-38-12-11-34-29(39)17-38)7-5-8-22(18)23-9-6-10-27(19(23)2)36-30(40)24-15-35-32(42)37(3)31(24)41/h5-10,13-15H,11-12,16-17H2,1-4H3,(H,34,39)(H,35,42)(H,36,40). The highest BCUT2D eigenvalue weighted by Gasteiger charge is 2.22. The maximum absolute atomic E-state index is 15.6. The fourth-order valence-electron chi connectivity index (χ4n) is 5.37. The minimum atomic E-state index is -0.700. The number of rotatable bonds is 7. The van der Waals surface area contributed by atoms with E-state index in [-0.39, 0.29) is 24.6 Å². The second-order valence-corrected chi connectivity index (χ2v) is 10.5. The van der Waals surface area contributed by atoms with Crippen molar-refractivity contribution in [2.24, 2.45) is 7.05 Å². The lowest BCUT2D eigenvalue weighted by atomic mass is 9.90. The van der Waals surface area contributed by atoms with Crippen LogP contribution in [0.5, 0.6) is 5.75 Å². The van der Waals surface area contributed by atoms with Crippen molar-refractivity contribution >= 4 is 17.5 Å². The highest BCUT2D eigenvalue weighted by atomic mass is 19.1. The van der Waals surface area contributed by atoms with E-state index in [0.717, 1.165) is 38.6 Å². The SMILES string of the molecule is COc1cc(-c2cccc(-c3cccc(NC(=O)c4c[nH]c(=O)n(C)c4=O)c3C)c2C)cc(F)c1CN1CCNC(=O)C1. The minimum absolute atomic E-state index is 0.0886. The van der Waals surface area contributed by atoms with Crippen LogP contribution in [0, 0.1) is 19.7 Å². The Morgan fingerprint density at radius 3 is 2.44 bits per heavy atom. The third kappa shape index (κ3) is 5.84. The molecule has 222 valence electrons. The lowest BCUT2D eigenvalue weighted by Crippen LogP contribution is -2.47. The highest BCUT2D eigenvalue weighted by molar-refractivity contribution is 6.04. The first-order valence-corrected chi connectivity index (χ1v) is 13.7. The molecule has 0 unspecified atom stereocenters. The number of aromatic amines is 1. The van der Waals surface area contributed by atoms with Gasteiger partial charge in [0.05, 0.1) is 13.7 Å². The number of piperazine rings is 1. The molecule has 4 aromatic rings. The molecular formula is C32H32FN5O5. The van der Waals surface area contributed by atoms with Crippen LogP contribution in [-0.4, -0.2) is 53.0 Å². The van der Waals surface area contributed by atoms with E-state index in [1.165, 1.54) is 20.2 Å². The predicted molar refractivity (Wildman–Crippen MR) is 162 cm³/mol. The largest absolute Gasteiger partial charge is 0.496 e. The number of aromatic nitrogens is 2. The highest BCUT2D eigenvalue weighted by Crippen LogP contribution is 2.38. The number of benzene rings is 3. The molecule has 0 saturated carbocycles. The molecule has 1 fully saturated rings. The van der Waals surface area contributed by atoms with Gasteiger partial charge in [-0.25, -0.2) is 9.18 Å². The molecule has 10 nitrogen and oxygen atoms in total. The summed E-state index contributed by atoms with van der Waals surface area (Å²) in [5.41, 5.74) is 4.24. The van der Waals surface area contributed by atoms with Gasteiger partial charge in [0, 0.05) is 44.1 Å². The first-order valence-electron chi connectivity index (χ1n) is 13.7. The summed E-state index contributed by atoms with van der Waals surface area (Å²) in [5, 5.41) is 5.56. The molecule has 2 amide bonds. The summed E-state index contributed by atoms with van der Waals surface area (Å²) >= 11 is 0. The van der Waals surface area contributed by atoms with E-state index >= 15 is 4.39 Å². The number of anilines is 1. The van der Waals surface area contributed by atoms with Crippen LogP contribution in [0.15, 0.2) is 64.3 Å². The number of nitrogens with one attached hydrogen (secondary N) is 3. The van der Waals surface area contributed by atoms with Crippen LogP contribution in [0.25, 0.3) is 22.3 Å². The number of H-pyrrole nitrogens is 1. The van der Waals surface area contributed by atoms with Crippen molar-refractivity contribution in [2.45, 2.75) is 20.4 Å². The van der Waals surface area contributed by atoms with Gasteiger partial charge in [-0.3, -0.25) is 23.9 Å². The van der Waals surface area contributed by atoms with Crippen LogP contribution in [-0.2, 0) is 18.4 Å². The number of amides is 2. The summed E-state index contributed by atoms with van der Waals surface area (Å²) in [6, 6.07) is 14.5. The topological polar surface area (TPSA) is 126 Å². The molecule has 0 spiro atoms. The van der Waals surface area contributed by atoms with E-state index in [0.29, 0.717) is 35.7 Å². The third-order valence-electron chi connectivity index (χ3n) is 7.81. The van der Waals surface area contributed by atoms with Crippen molar-refractivity contribution in [3.63, 3.8) is 0 Å². The van der Waals surface area contributed by atoms with Gasteiger partial charge in [-0.15, -0.1) is 0 Å². The molecule has 0 atom stereocenters. The monoisotopic (exact) mass is 585 g/mol. The Hall–Kier alpha value is -5.03. The molecule has 0 bridgehead atoms. The average molecular weight is 586 g/mol. The van der Waals surface area contributed by atoms with Crippen LogP contribution in [0.4, 0.5) is 10.1 Å². The van der Waals surface area contributed by atoms with Gasteiger partial charge in [0.1, 0.15) is 17.1 Å². The number of carbonyl (C=O) groups excluding carboxylic acids is 2. The summed E-state index contributed by atoms with van der Waals surface area (Å²) in [6.07, 6.45) is 1.11. The van der Waals surface area contributed by atoms with E-state index in [4.69, 9.17) is 4.74 Å². The average Bonchev–Trinajstić information content (AvgIpc) is 2.98. The Balaban J connectivity index is 1.47. The predicted octanol–water partition coefficient (Wildman–Crippen LogP) is 3.36. The van der Waals surface area contributed by atoms with Gasteiger partial charge in [-0.2, -0.15) is 0 Å². The molecule has 5 rings (SSSR count). The first kappa shape index (κ1) is 29.5. The van der Waals surface area contributed by atoms with Crippen LogP contribution in [0.3, 0.4) is 0 Å². The van der Waals surface area contributed by atoms with E-state index in [1.54, 1.807) is 12.1 Å². The zero-order valence-corrected chi connectivity index (χ0v) is 24.3. The Morgan fingerprint density at radius 1 is 1.02 bits per heavy atom. The lowest BCUT2D eigenvalue weighted by Gasteiger charge is -2.27. The molecule has 1 aromatic heterocycles. The van der Waals surface area contributed by atoms with Gasteiger partial charge in [0.15, 0.2) is 0 Å². The number of hydrogen-bond acceptors (Lipinski definition) is 6. The molecule has 1 aliphatic heterocycles. The number of carbonyl (C=O) groups is 2. The van der Waals surface area contributed by atoms with Gasteiger partial charge in [0.25, 0.3) is 11.5 Å². The fourth-order valence-corrected chi connectivity index (χ4v) is 5.37. The molecule has 1 saturated heterocycles. The Kier molecular flexibility index (Phi) is 8.27. The molecule has 0 aliphatic carbocycles. The van der Waals surface area contributed by atoms with E-state index in [9.17, 15) is 19.2 Å². The summed E-state index contributed by atoms with van der Waals surface area (Å²) < 4.78 is 22.0. The van der Waals surface area contributed by atoms with Gasteiger partial charge in [0.2, 0.25) is 5.91 Å². The zero-order chi connectivity index (χ0) is 30.8. The van der Waals surface area contributed by atoms with Gasteiger partial charge in [-0.1, -0.05) is 30.3 Å². The number of nitrogens with zero attached hydrogens (tertiary/aromatic N) is 2. The summed E-state index contributed by atoms with van der Waals surface area (Å²) in [7, 11) is 2.80. The van der Waals surface area contributed by atoms with Gasteiger partial charge < -0.3 is 20.4 Å². The molecule has 3 N–H and O–H groups in total. The maximum Gasteiger partial charge on any atom is 0.328 e. The summed E-state index contributed by atoms with van der Waals surface area (Å²) in [4.78, 5) is 53.2. The van der Waals surface area contributed by atoms with Crippen LogP contribution in [0.2, 0.25) is 0 Å². The third-order valence-corrected chi connectivity index (χ3v) is 7.81. The summed E-state index contributed by atoms with van der Waals surface area (Å²) in [5.74, 6) is -0.746. The van der Waals surface area contributed by atoms with Gasteiger partial charge in [-0.05, 0) is 65.4 Å². The van der Waals surface area contributed by atoms with Crippen molar-refractivity contribution < 1.29 is 18.7 Å². The van der Waals surface area contributed by atoms with Gasteiger partial charge >= 0.3 is 5.69 Å².